The van der Waals surface area contributed by atoms with Gasteiger partial charge in [-0.3, -0.25) is 4.79 Å². The number of aliphatic hydroxyl groups is 11. The van der Waals surface area contributed by atoms with E-state index in [1.54, 1.807) is 0 Å². The van der Waals surface area contributed by atoms with E-state index in [0.29, 0.717) is 12.8 Å². The van der Waals surface area contributed by atoms with Gasteiger partial charge >= 0.3 is 0 Å². The second-order valence-electron chi connectivity index (χ2n) is 25.3. The average molecular weight is 1260 g/mol. The number of hydrogen-bond donors (Lipinski definition) is 12. The van der Waals surface area contributed by atoms with E-state index in [0.717, 1.165) is 57.8 Å². The third-order valence-electron chi connectivity index (χ3n) is 17.7. The fourth-order valence-electron chi connectivity index (χ4n) is 12.0. The Kier molecular flexibility index (Phi) is 46.9. The van der Waals surface area contributed by atoms with Gasteiger partial charge in [-0.1, -0.05) is 243 Å². The largest absolute Gasteiger partial charge is 0.394 e. The van der Waals surface area contributed by atoms with Crippen molar-refractivity contribution in [2.24, 2.45) is 0 Å². The van der Waals surface area contributed by atoms with E-state index < -0.39 is 124 Å². The third kappa shape index (κ3) is 33.2. The molecule has 17 unspecified atom stereocenters. The first-order chi connectivity index (χ1) is 42.8. The maximum atomic E-state index is 13.4. The standard InChI is InChI=1S/C69H127NO18/c1-3-5-7-9-11-13-15-16-17-18-19-20-21-22-23-24-25-26-27-28-29-30-31-32-33-34-35-36-37-39-41-43-45-47-57(75)70-52(53(74)46-44-42-40-38-14-12-10-8-6-4-2)51-83-67-63(81)60(78)65(55(49-72)85-67)88-69-64(82)61(79)66(56(50-73)86-69)87-68-62(80)59(77)58(76)54(48-71)84-68/h15-16,18-19,21-22,52-56,58-69,71-74,76-82H,3-14,17,20,23-51H2,1-2H3,(H,70,75)/b16-15-,19-18-,22-21-. The first-order valence-corrected chi connectivity index (χ1v) is 35.2. The first-order valence-electron chi connectivity index (χ1n) is 35.2. The Balaban J connectivity index is 1.32. The topological polar surface area (TPSA) is 307 Å². The first kappa shape index (κ1) is 80.2. The third-order valence-corrected chi connectivity index (χ3v) is 17.7. The van der Waals surface area contributed by atoms with Gasteiger partial charge in [-0.2, -0.15) is 0 Å². The number of carbonyl (C=O) groups excluding carboxylic acids is 1. The van der Waals surface area contributed by atoms with Crippen LogP contribution in [0.1, 0.15) is 264 Å². The molecule has 1 amide bonds. The van der Waals surface area contributed by atoms with E-state index in [1.165, 1.54) is 173 Å². The smallest absolute Gasteiger partial charge is 0.220 e. The van der Waals surface area contributed by atoms with Crippen LogP contribution in [-0.2, 0) is 33.2 Å². The average Bonchev–Trinajstić information content (AvgIpc) is 1.83. The van der Waals surface area contributed by atoms with Crippen LogP contribution in [0.25, 0.3) is 0 Å². The molecule has 0 aromatic carbocycles. The van der Waals surface area contributed by atoms with Crippen molar-refractivity contribution in [1.82, 2.24) is 5.32 Å². The molecule has 3 saturated heterocycles. The molecule has 3 fully saturated rings. The number of amides is 1. The van der Waals surface area contributed by atoms with Crippen molar-refractivity contribution in [2.45, 2.75) is 369 Å². The molecule has 0 radical (unpaired) electrons. The summed E-state index contributed by atoms with van der Waals surface area (Å²) in [5.41, 5.74) is 0. The van der Waals surface area contributed by atoms with Gasteiger partial charge in [0, 0.05) is 6.42 Å². The van der Waals surface area contributed by atoms with Crippen LogP contribution in [0.5, 0.6) is 0 Å². The van der Waals surface area contributed by atoms with Gasteiger partial charge in [0.1, 0.15) is 73.2 Å². The lowest BCUT2D eigenvalue weighted by Gasteiger charge is -2.48. The highest BCUT2D eigenvalue weighted by atomic mass is 16.8. The Labute approximate surface area is 530 Å². The Morgan fingerprint density at radius 1 is 0.409 bits per heavy atom. The number of ether oxygens (including phenoxy) is 6. The fourth-order valence-corrected chi connectivity index (χ4v) is 12.0. The molecule has 19 heteroatoms. The van der Waals surface area contributed by atoms with Crippen LogP contribution >= 0.6 is 0 Å². The summed E-state index contributed by atoms with van der Waals surface area (Å²) in [6.07, 6.45) is 32.6. The molecule has 17 atom stereocenters. The maximum Gasteiger partial charge on any atom is 0.220 e. The second kappa shape index (κ2) is 51.4. The molecule has 0 bridgehead atoms. The second-order valence-corrected chi connectivity index (χ2v) is 25.3. The number of allylic oxidation sites excluding steroid dienone is 6. The van der Waals surface area contributed by atoms with E-state index in [2.05, 4.69) is 55.6 Å². The van der Waals surface area contributed by atoms with Crippen molar-refractivity contribution in [3.63, 3.8) is 0 Å². The fraction of sp³-hybridized carbons (Fsp3) is 0.899. The molecule has 12 N–H and O–H groups in total. The van der Waals surface area contributed by atoms with Crippen LogP contribution in [0.2, 0.25) is 0 Å². The molecule has 3 aliphatic heterocycles. The minimum absolute atomic E-state index is 0.242. The van der Waals surface area contributed by atoms with Gasteiger partial charge in [-0.05, 0) is 51.4 Å². The van der Waals surface area contributed by atoms with Crippen molar-refractivity contribution in [3.05, 3.63) is 36.5 Å². The summed E-state index contributed by atoms with van der Waals surface area (Å²) in [4.78, 5) is 13.4. The highest BCUT2D eigenvalue weighted by Gasteiger charge is 2.53. The minimum Gasteiger partial charge on any atom is -0.394 e. The van der Waals surface area contributed by atoms with Gasteiger partial charge in [-0.25, -0.2) is 0 Å². The highest BCUT2D eigenvalue weighted by molar-refractivity contribution is 5.76. The summed E-state index contributed by atoms with van der Waals surface area (Å²) >= 11 is 0. The molecular weight excluding hydrogens is 1130 g/mol. The lowest BCUT2D eigenvalue weighted by molar-refractivity contribution is -0.379. The zero-order chi connectivity index (χ0) is 64.0. The zero-order valence-electron chi connectivity index (χ0n) is 54.5. The molecule has 19 nitrogen and oxygen atoms in total. The van der Waals surface area contributed by atoms with Crippen molar-refractivity contribution in [2.75, 3.05) is 26.4 Å². The van der Waals surface area contributed by atoms with Gasteiger partial charge in [0.2, 0.25) is 5.91 Å². The zero-order valence-corrected chi connectivity index (χ0v) is 54.5. The normalized spacial score (nSPS) is 28.6. The molecule has 516 valence electrons. The molecule has 3 aliphatic rings. The molecule has 0 aromatic heterocycles. The van der Waals surface area contributed by atoms with Gasteiger partial charge in [0.25, 0.3) is 0 Å². The lowest BCUT2D eigenvalue weighted by atomic mass is 9.96. The summed E-state index contributed by atoms with van der Waals surface area (Å²) in [5.74, 6) is -0.242. The Hall–Kier alpha value is -1.99. The Morgan fingerprint density at radius 2 is 0.750 bits per heavy atom. The van der Waals surface area contributed by atoms with Crippen molar-refractivity contribution in [3.8, 4) is 0 Å². The van der Waals surface area contributed by atoms with Crippen LogP contribution < -0.4 is 5.32 Å². The molecule has 0 saturated carbocycles. The number of unbranched alkanes of at least 4 members (excludes halogenated alkanes) is 32. The van der Waals surface area contributed by atoms with Crippen molar-refractivity contribution < 1.29 is 89.4 Å². The number of nitrogens with one attached hydrogen (secondary N) is 1. The minimum atomic E-state index is -1.97. The molecular formula is C69H127NO18. The highest BCUT2D eigenvalue weighted by Crippen LogP contribution is 2.33. The summed E-state index contributed by atoms with van der Waals surface area (Å²) in [5, 5.41) is 120. The predicted octanol–water partition coefficient (Wildman–Crippen LogP) is 9.22. The molecule has 3 rings (SSSR count). The van der Waals surface area contributed by atoms with Crippen molar-refractivity contribution in [1.29, 1.82) is 0 Å². The molecule has 88 heavy (non-hydrogen) atoms. The van der Waals surface area contributed by atoms with E-state index in [1.807, 2.05) is 0 Å². The summed E-state index contributed by atoms with van der Waals surface area (Å²) in [6, 6.07) is -0.884. The summed E-state index contributed by atoms with van der Waals surface area (Å²) in [7, 11) is 0. The molecule has 0 aliphatic carbocycles. The van der Waals surface area contributed by atoms with Gasteiger partial charge in [0.15, 0.2) is 18.9 Å². The maximum absolute atomic E-state index is 13.4. The van der Waals surface area contributed by atoms with E-state index in [-0.39, 0.29) is 18.9 Å². The number of hydrogen-bond acceptors (Lipinski definition) is 18. The van der Waals surface area contributed by atoms with Crippen LogP contribution in [0.3, 0.4) is 0 Å². The van der Waals surface area contributed by atoms with Crippen LogP contribution in [0, 0.1) is 0 Å². The summed E-state index contributed by atoms with van der Waals surface area (Å²) in [6.45, 7) is 1.77. The number of carbonyl (C=O) groups is 1. The summed E-state index contributed by atoms with van der Waals surface area (Å²) < 4.78 is 34.3. The van der Waals surface area contributed by atoms with E-state index in [9.17, 15) is 61.0 Å². The van der Waals surface area contributed by atoms with Gasteiger partial charge in [-0.15, -0.1) is 0 Å². The van der Waals surface area contributed by atoms with Crippen LogP contribution in [0.15, 0.2) is 36.5 Å². The van der Waals surface area contributed by atoms with Crippen LogP contribution in [0.4, 0.5) is 0 Å². The predicted molar refractivity (Wildman–Crippen MR) is 342 cm³/mol. The van der Waals surface area contributed by atoms with E-state index in [4.69, 9.17) is 28.4 Å². The van der Waals surface area contributed by atoms with Gasteiger partial charge in [0.05, 0.1) is 38.6 Å². The van der Waals surface area contributed by atoms with E-state index >= 15 is 0 Å². The van der Waals surface area contributed by atoms with Gasteiger partial charge < -0.3 is 89.9 Å². The molecule has 0 spiro atoms. The number of aliphatic hydroxyl groups excluding tert-OH is 11. The monoisotopic (exact) mass is 1260 g/mol. The number of rotatable bonds is 54. The Morgan fingerprint density at radius 3 is 1.17 bits per heavy atom. The molecule has 3 heterocycles. The molecule has 0 aromatic rings. The van der Waals surface area contributed by atoms with Crippen LogP contribution in [-0.4, -0.2) is 193 Å². The van der Waals surface area contributed by atoms with Crippen molar-refractivity contribution >= 4 is 5.91 Å². The lowest BCUT2D eigenvalue weighted by Crippen LogP contribution is -2.66. The quantitative estimate of drug-likeness (QED) is 0.0199. The SMILES string of the molecule is CCCCCCC/C=C\C/C=C\C/C=C\CCCCCCCCCCCCCCCCCCCCC(=O)NC(COC1OC(CO)C(OC2OC(CO)C(OC3OC(CO)C(O)C(O)C3O)C(O)C2O)C(O)C1O)C(O)CCCCCCCCCCCC. The Bertz CT molecular complexity index is 1740.